The summed E-state index contributed by atoms with van der Waals surface area (Å²) >= 11 is 7.42. The topological polar surface area (TPSA) is 95.9 Å². The number of hydrogen-bond donors (Lipinski definition) is 3. The Balaban J connectivity index is 1.61. The number of carboxylic acids is 2. The molecule has 30 heavy (non-hydrogen) atoms. The van der Waals surface area contributed by atoms with Gasteiger partial charge in [-0.1, -0.05) is 36.6 Å². The summed E-state index contributed by atoms with van der Waals surface area (Å²) in [7, 11) is 0. The highest BCUT2D eigenvalue weighted by Crippen LogP contribution is 2.46. The number of halogens is 1. The molecular formula is C22H24ClNO5S. The van der Waals surface area contributed by atoms with Gasteiger partial charge >= 0.3 is 11.9 Å². The predicted octanol–water partition coefficient (Wildman–Crippen LogP) is 5.61. The van der Waals surface area contributed by atoms with Crippen LogP contribution in [0.5, 0.6) is 5.75 Å². The molecule has 0 aliphatic heterocycles. The summed E-state index contributed by atoms with van der Waals surface area (Å²) in [6.07, 6.45) is 7.73. The van der Waals surface area contributed by atoms with Crippen molar-refractivity contribution in [3.05, 3.63) is 34.2 Å². The molecule has 2 fully saturated rings. The molecule has 4 rings (SSSR count). The molecule has 3 N–H and O–H groups in total. The minimum atomic E-state index is -1.20. The molecule has 2 aromatic rings. The summed E-state index contributed by atoms with van der Waals surface area (Å²) < 4.78 is 5.18. The number of aliphatic carboxylic acids is 1. The van der Waals surface area contributed by atoms with E-state index in [-0.39, 0.29) is 15.6 Å². The highest BCUT2D eigenvalue weighted by Gasteiger charge is 2.36. The molecule has 0 saturated heterocycles. The lowest BCUT2D eigenvalue weighted by molar-refractivity contribution is -0.139. The summed E-state index contributed by atoms with van der Waals surface area (Å²) in [5.74, 6) is -1.06. The fraction of sp³-hybridized carbons (Fsp3) is 0.455. The van der Waals surface area contributed by atoms with Gasteiger partial charge in [0, 0.05) is 11.7 Å². The van der Waals surface area contributed by atoms with Crippen molar-refractivity contribution in [1.82, 2.24) is 0 Å². The monoisotopic (exact) mass is 449 g/mol. The Bertz CT molecular complexity index is 937. The first-order chi connectivity index (χ1) is 14.4. The fourth-order valence-electron chi connectivity index (χ4n) is 4.84. The smallest absolute Gasteiger partial charge is 0.349 e. The molecule has 0 atom stereocenters. The molecule has 1 heterocycles. The summed E-state index contributed by atoms with van der Waals surface area (Å²) in [6, 6.07) is 8.27. The van der Waals surface area contributed by atoms with Gasteiger partial charge in [-0.2, -0.15) is 0 Å². The molecule has 2 aliphatic rings. The van der Waals surface area contributed by atoms with Crippen LogP contribution >= 0.6 is 22.9 Å². The standard InChI is InChI=1S/C22H24ClNO5S/c23-17-19(29-11-16(25)26)21(22(27)28)30-20(17)14-8-3-9-15(10-14)24-18-12-4-1-5-13(18)7-2-6-12/h3,8-10,12-13,18,24H,1-2,4-7,11H2,(H,25,26)(H,27,28). The minimum absolute atomic E-state index is 0.0910. The molecule has 2 bridgehead atoms. The van der Waals surface area contributed by atoms with Crippen LogP contribution in [0.25, 0.3) is 10.4 Å². The van der Waals surface area contributed by atoms with Crippen LogP contribution in [0.15, 0.2) is 24.3 Å². The molecule has 160 valence electrons. The van der Waals surface area contributed by atoms with Crippen LogP contribution in [-0.4, -0.2) is 34.8 Å². The van der Waals surface area contributed by atoms with Crippen LogP contribution in [0.4, 0.5) is 5.69 Å². The molecule has 6 nitrogen and oxygen atoms in total. The van der Waals surface area contributed by atoms with E-state index in [1.807, 2.05) is 24.3 Å². The molecule has 0 spiro atoms. The first-order valence-electron chi connectivity index (χ1n) is 10.2. The molecule has 0 amide bonds. The Morgan fingerprint density at radius 1 is 1.13 bits per heavy atom. The number of carboxylic acid groups (broad SMARTS) is 2. The Morgan fingerprint density at radius 2 is 1.80 bits per heavy atom. The highest BCUT2D eigenvalue weighted by atomic mass is 35.5. The van der Waals surface area contributed by atoms with Crippen molar-refractivity contribution >= 4 is 40.6 Å². The Morgan fingerprint density at radius 3 is 2.40 bits per heavy atom. The van der Waals surface area contributed by atoms with Crippen molar-refractivity contribution in [2.75, 3.05) is 11.9 Å². The number of nitrogens with one attached hydrogen (secondary N) is 1. The number of hydrogen-bond acceptors (Lipinski definition) is 5. The van der Waals surface area contributed by atoms with Gasteiger partial charge in [-0.3, -0.25) is 0 Å². The van der Waals surface area contributed by atoms with Gasteiger partial charge in [0.05, 0.1) is 4.88 Å². The van der Waals surface area contributed by atoms with Gasteiger partial charge in [0.2, 0.25) is 0 Å². The molecule has 0 unspecified atom stereocenters. The molecule has 0 radical (unpaired) electrons. The van der Waals surface area contributed by atoms with E-state index in [1.165, 1.54) is 38.5 Å². The van der Waals surface area contributed by atoms with Crippen molar-refractivity contribution in [3.8, 4) is 16.2 Å². The average molecular weight is 450 g/mol. The van der Waals surface area contributed by atoms with Crippen LogP contribution < -0.4 is 10.1 Å². The normalized spacial score (nSPS) is 23.0. The third-order valence-corrected chi connectivity index (χ3v) is 7.80. The molecule has 2 saturated carbocycles. The van der Waals surface area contributed by atoms with Gasteiger partial charge in [0.1, 0.15) is 5.02 Å². The Kier molecular flexibility index (Phi) is 6.20. The zero-order chi connectivity index (χ0) is 21.3. The van der Waals surface area contributed by atoms with Crippen molar-refractivity contribution in [1.29, 1.82) is 0 Å². The van der Waals surface area contributed by atoms with Gasteiger partial charge in [-0.05, 0) is 55.2 Å². The van der Waals surface area contributed by atoms with Gasteiger partial charge in [0.15, 0.2) is 17.2 Å². The van der Waals surface area contributed by atoms with E-state index in [2.05, 4.69) is 5.32 Å². The quantitative estimate of drug-likeness (QED) is 0.508. The van der Waals surface area contributed by atoms with Crippen molar-refractivity contribution in [2.24, 2.45) is 11.8 Å². The number of fused-ring (bicyclic) bond motifs is 2. The molecular weight excluding hydrogens is 426 g/mol. The van der Waals surface area contributed by atoms with Crippen molar-refractivity contribution < 1.29 is 24.5 Å². The van der Waals surface area contributed by atoms with Gasteiger partial charge in [-0.15, -0.1) is 11.3 Å². The zero-order valence-corrected chi connectivity index (χ0v) is 18.0. The average Bonchev–Trinajstić information content (AvgIpc) is 3.03. The number of anilines is 1. The number of ether oxygens (including phenoxy) is 1. The van der Waals surface area contributed by atoms with E-state index >= 15 is 0 Å². The van der Waals surface area contributed by atoms with Crippen molar-refractivity contribution in [3.63, 3.8) is 0 Å². The highest BCUT2D eigenvalue weighted by molar-refractivity contribution is 7.18. The summed E-state index contributed by atoms with van der Waals surface area (Å²) in [5, 5.41) is 22.2. The maximum Gasteiger partial charge on any atom is 0.349 e. The van der Waals surface area contributed by atoms with Crippen LogP contribution in [0.2, 0.25) is 5.02 Å². The second-order valence-corrected chi connectivity index (χ2v) is 9.42. The second-order valence-electron chi connectivity index (χ2n) is 8.02. The second kappa shape index (κ2) is 8.86. The van der Waals surface area contributed by atoms with E-state index in [0.717, 1.165) is 22.6 Å². The summed E-state index contributed by atoms with van der Waals surface area (Å²) in [5.41, 5.74) is 1.77. The fourth-order valence-corrected chi connectivity index (χ4v) is 6.24. The molecule has 1 aromatic carbocycles. The van der Waals surface area contributed by atoms with E-state index < -0.39 is 18.5 Å². The number of carbonyl (C=O) groups is 2. The lowest BCUT2D eigenvalue weighted by Crippen LogP contribution is -2.42. The maximum atomic E-state index is 11.6. The van der Waals surface area contributed by atoms with E-state index in [4.69, 9.17) is 21.4 Å². The Labute approximate surface area is 183 Å². The SMILES string of the molecule is O=C(O)COc1c(C(=O)O)sc(-c2cccc(NC3C4CCCC3CCC4)c2)c1Cl. The number of thiophene rings is 1. The summed E-state index contributed by atoms with van der Waals surface area (Å²) in [6.45, 7) is -0.651. The third kappa shape index (κ3) is 4.27. The van der Waals surface area contributed by atoms with Crippen LogP contribution in [0, 0.1) is 11.8 Å². The third-order valence-electron chi connectivity index (χ3n) is 6.12. The van der Waals surface area contributed by atoms with Gasteiger partial charge in [-0.25, -0.2) is 9.59 Å². The largest absolute Gasteiger partial charge is 0.479 e. The molecule has 1 aromatic heterocycles. The number of benzene rings is 1. The van der Waals surface area contributed by atoms with Crippen LogP contribution in [-0.2, 0) is 4.79 Å². The van der Waals surface area contributed by atoms with E-state index in [0.29, 0.717) is 22.8 Å². The summed E-state index contributed by atoms with van der Waals surface area (Å²) in [4.78, 5) is 22.9. The molecule has 8 heteroatoms. The molecule has 2 aliphatic carbocycles. The first-order valence-corrected chi connectivity index (χ1v) is 11.4. The predicted molar refractivity (Wildman–Crippen MR) is 117 cm³/mol. The number of rotatable bonds is 7. The number of aromatic carboxylic acids is 1. The van der Waals surface area contributed by atoms with E-state index in [9.17, 15) is 14.7 Å². The Hall–Kier alpha value is -2.25. The van der Waals surface area contributed by atoms with Crippen LogP contribution in [0.3, 0.4) is 0 Å². The van der Waals surface area contributed by atoms with Crippen molar-refractivity contribution in [2.45, 2.75) is 44.6 Å². The van der Waals surface area contributed by atoms with Gasteiger partial charge in [0.25, 0.3) is 0 Å². The van der Waals surface area contributed by atoms with Crippen LogP contribution in [0.1, 0.15) is 48.2 Å². The first kappa shape index (κ1) is 21.0. The van der Waals surface area contributed by atoms with E-state index in [1.54, 1.807) is 0 Å². The lowest BCUT2D eigenvalue weighted by Gasteiger charge is -2.43. The minimum Gasteiger partial charge on any atom is -0.479 e. The lowest BCUT2D eigenvalue weighted by atomic mass is 9.68. The maximum absolute atomic E-state index is 11.6. The van der Waals surface area contributed by atoms with Gasteiger partial charge < -0.3 is 20.3 Å². The zero-order valence-electron chi connectivity index (χ0n) is 16.4.